The SMILES string of the molecule is COCC1CCN(S(=O)(=O)c2ccc(F)c(CO)c2)CC1. The molecule has 118 valence electrons. The van der Waals surface area contributed by atoms with Crippen molar-refractivity contribution in [2.45, 2.75) is 24.3 Å². The van der Waals surface area contributed by atoms with Crippen LogP contribution in [0, 0.1) is 11.7 Å². The minimum absolute atomic E-state index is 0.00894. The number of hydrogen-bond acceptors (Lipinski definition) is 4. The Hall–Kier alpha value is -1.02. The number of aliphatic hydroxyl groups is 1. The summed E-state index contributed by atoms with van der Waals surface area (Å²) in [6.45, 7) is 0.981. The smallest absolute Gasteiger partial charge is 0.243 e. The number of benzene rings is 1. The van der Waals surface area contributed by atoms with Crippen molar-refractivity contribution >= 4 is 10.0 Å². The second-order valence-electron chi connectivity index (χ2n) is 5.21. The molecule has 0 bridgehead atoms. The lowest BCUT2D eigenvalue weighted by Gasteiger charge is -2.30. The molecule has 7 heteroatoms. The van der Waals surface area contributed by atoms with E-state index < -0.39 is 22.4 Å². The first-order valence-electron chi connectivity index (χ1n) is 6.87. The van der Waals surface area contributed by atoms with Crippen LogP contribution in [0.25, 0.3) is 0 Å². The maximum absolute atomic E-state index is 13.4. The van der Waals surface area contributed by atoms with Gasteiger partial charge in [-0.3, -0.25) is 0 Å². The lowest BCUT2D eigenvalue weighted by Crippen LogP contribution is -2.39. The predicted octanol–water partition coefficient (Wildman–Crippen LogP) is 1.37. The standard InChI is InChI=1S/C14H20FNO4S/c1-20-10-11-4-6-16(7-5-11)21(18,19)13-2-3-14(15)12(8-13)9-17/h2-3,8,11,17H,4-7,9-10H2,1H3. The number of halogens is 1. The van der Waals surface area contributed by atoms with Crippen molar-refractivity contribution in [1.82, 2.24) is 4.31 Å². The lowest BCUT2D eigenvalue weighted by atomic mass is 9.99. The molecule has 1 aromatic rings. The summed E-state index contributed by atoms with van der Waals surface area (Å²) < 4.78 is 44.9. The van der Waals surface area contributed by atoms with Crippen LogP contribution in [0.1, 0.15) is 18.4 Å². The van der Waals surface area contributed by atoms with Crippen molar-refractivity contribution in [1.29, 1.82) is 0 Å². The average Bonchev–Trinajstić information content (AvgIpc) is 2.48. The summed E-state index contributed by atoms with van der Waals surface area (Å²) in [5, 5.41) is 9.05. The number of rotatable bonds is 5. The first kappa shape index (κ1) is 16.4. The molecule has 0 aliphatic carbocycles. The number of ether oxygens (including phenoxy) is 1. The number of methoxy groups -OCH3 is 1. The van der Waals surface area contributed by atoms with Crippen LogP contribution in [-0.4, -0.2) is 44.6 Å². The fourth-order valence-electron chi connectivity index (χ4n) is 2.53. The molecule has 0 spiro atoms. The molecule has 1 heterocycles. The molecule has 0 aromatic heterocycles. The van der Waals surface area contributed by atoms with Crippen LogP contribution in [-0.2, 0) is 21.4 Å². The molecule has 21 heavy (non-hydrogen) atoms. The van der Waals surface area contributed by atoms with E-state index in [4.69, 9.17) is 9.84 Å². The molecule has 1 aliphatic heterocycles. The molecule has 1 saturated heterocycles. The Morgan fingerprint density at radius 3 is 2.62 bits per heavy atom. The molecular formula is C14H20FNO4S. The minimum atomic E-state index is -3.64. The summed E-state index contributed by atoms with van der Waals surface area (Å²) in [6, 6.07) is 3.52. The van der Waals surface area contributed by atoms with Gasteiger partial charge in [0.05, 0.1) is 11.5 Å². The Morgan fingerprint density at radius 2 is 2.05 bits per heavy atom. The van der Waals surface area contributed by atoms with Gasteiger partial charge in [-0.1, -0.05) is 0 Å². The molecule has 1 N–H and O–H groups in total. The third kappa shape index (κ3) is 3.60. The number of aliphatic hydroxyl groups excluding tert-OH is 1. The van der Waals surface area contributed by atoms with E-state index in [2.05, 4.69) is 0 Å². The van der Waals surface area contributed by atoms with Gasteiger partial charge in [0.2, 0.25) is 10.0 Å². The first-order chi connectivity index (χ1) is 9.98. The number of sulfonamides is 1. The van der Waals surface area contributed by atoms with Gasteiger partial charge in [0, 0.05) is 32.4 Å². The van der Waals surface area contributed by atoms with Crippen LogP contribution in [0.3, 0.4) is 0 Å². The maximum Gasteiger partial charge on any atom is 0.243 e. The summed E-state index contributed by atoms with van der Waals surface area (Å²) in [5.41, 5.74) is -0.00894. The predicted molar refractivity (Wildman–Crippen MR) is 75.7 cm³/mol. The average molecular weight is 317 g/mol. The second-order valence-corrected chi connectivity index (χ2v) is 7.15. The highest BCUT2D eigenvalue weighted by molar-refractivity contribution is 7.89. The zero-order valence-corrected chi connectivity index (χ0v) is 12.8. The summed E-state index contributed by atoms with van der Waals surface area (Å²) in [7, 11) is -2.00. The van der Waals surface area contributed by atoms with Crippen LogP contribution in [0.15, 0.2) is 23.1 Å². The number of piperidine rings is 1. The molecule has 5 nitrogen and oxygen atoms in total. The highest BCUT2D eigenvalue weighted by atomic mass is 32.2. The Bertz CT molecular complexity index is 583. The van der Waals surface area contributed by atoms with Crippen LogP contribution in [0.4, 0.5) is 4.39 Å². The van der Waals surface area contributed by atoms with Crippen LogP contribution in [0.2, 0.25) is 0 Å². The quantitative estimate of drug-likeness (QED) is 0.890. The summed E-state index contributed by atoms with van der Waals surface area (Å²) >= 11 is 0. The normalized spacial score (nSPS) is 18.0. The van der Waals surface area contributed by atoms with Gasteiger partial charge in [0.25, 0.3) is 0 Å². The Kier molecular flexibility index (Phi) is 5.32. The van der Waals surface area contributed by atoms with E-state index in [-0.39, 0.29) is 10.5 Å². The Balaban J connectivity index is 2.15. The molecule has 1 aromatic carbocycles. The van der Waals surface area contributed by atoms with Gasteiger partial charge < -0.3 is 9.84 Å². The van der Waals surface area contributed by atoms with Crippen molar-refractivity contribution in [2.24, 2.45) is 5.92 Å². The molecule has 1 fully saturated rings. The van der Waals surface area contributed by atoms with E-state index >= 15 is 0 Å². The number of hydrogen-bond donors (Lipinski definition) is 1. The molecule has 0 amide bonds. The molecule has 1 aliphatic rings. The van der Waals surface area contributed by atoms with Crippen molar-refractivity contribution in [3.63, 3.8) is 0 Å². The van der Waals surface area contributed by atoms with Crippen LogP contribution >= 0.6 is 0 Å². The van der Waals surface area contributed by atoms with Gasteiger partial charge in [0.1, 0.15) is 5.82 Å². The highest BCUT2D eigenvalue weighted by Crippen LogP contribution is 2.25. The van der Waals surface area contributed by atoms with Crippen LogP contribution in [0.5, 0.6) is 0 Å². The molecule has 0 radical (unpaired) electrons. The highest BCUT2D eigenvalue weighted by Gasteiger charge is 2.29. The number of nitrogens with zero attached hydrogens (tertiary/aromatic N) is 1. The van der Waals surface area contributed by atoms with Gasteiger partial charge in [-0.05, 0) is 37.0 Å². The van der Waals surface area contributed by atoms with Crippen LogP contribution < -0.4 is 0 Å². The molecule has 0 saturated carbocycles. The lowest BCUT2D eigenvalue weighted by molar-refractivity contribution is 0.121. The van der Waals surface area contributed by atoms with E-state index in [1.807, 2.05) is 0 Å². The van der Waals surface area contributed by atoms with Crippen molar-refractivity contribution in [3.8, 4) is 0 Å². The third-order valence-corrected chi connectivity index (χ3v) is 5.70. The van der Waals surface area contributed by atoms with E-state index in [9.17, 15) is 12.8 Å². The van der Waals surface area contributed by atoms with Gasteiger partial charge in [0.15, 0.2) is 0 Å². The molecular weight excluding hydrogens is 297 g/mol. The summed E-state index contributed by atoms with van der Waals surface area (Å²) in [6.07, 6.45) is 1.50. The van der Waals surface area contributed by atoms with E-state index in [1.165, 1.54) is 16.4 Å². The first-order valence-corrected chi connectivity index (χ1v) is 8.31. The van der Waals surface area contributed by atoms with Crippen molar-refractivity contribution < 1.29 is 22.7 Å². The van der Waals surface area contributed by atoms with E-state index in [1.54, 1.807) is 7.11 Å². The maximum atomic E-state index is 13.4. The Morgan fingerprint density at radius 1 is 1.38 bits per heavy atom. The topological polar surface area (TPSA) is 66.8 Å². The zero-order chi connectivity index (χ0) is 15.5. The fraction of sp³-hybridized carbons (Fsp3) is 0.571. The van der Waals surface area contributed by atoms with E-state index in [0.29, 0.717) is 25.6 Å². The summed E-state index contributed by atoms with van der Waals surface area (Å²) in [4.78, 5) is 0.0261. The molecule has 0 atom stereocenters. The molecule has 2 rings (SSSR count). The molecule has 0 unspecified atom stereocenters. The minimum Gasteiger partial charge on any atom is -0.392 e. The fourth-order valence-corrected chi connectivity index (χ4v) is 4.05. The summed E-state index contributed by atoms with van der Waals surface area (Å²) in [5.74, 6) is -0.224. The Labute approximate surface area is 124 Å². The largest absolute Gasteiger partial charge is 0.392 e. The zero-order valence-electron chi connectivity index (χ0n) is 12.0. The van der Waals surface area contributed by atoms with Gasteiger partial charge in [-0.2, -0.15) is 4.31 Å². The van der Waals surface area contributed by atoms with Gasteiger partial charge >= 0.3 is 0 Å². The second kappa shape index (κ2) is 6.83. The monoisotopic (exact) mass is 317 g/mol. The third-order valence-electron chi connectivity index (χ3n) is 3.80. The van der Waals surface area contributed by atoms with E-state index in [0.717, 1.165) is 18.9 Å². The van der Waals surface area contributed by atoms with Crippen molar-refractivity contribution in [2.75, 3.05) is 26.8 Å². The van der Waals surface area contributed by atoms with Gasteiger partial charge in [-0.15, -0.1) is 0 Å². The van der Waals surface area contributed by atoms with Crippen molar-refractivity contribution in [3.05, 3.63) is 29.6 Å². The van der Waals surface area contributed by atoms with Gasteiger partial charge in [-0.25, -0.2) is 12.8 Å².